The fourth-order valence-corrected chi connectivity index (χ4v) is 3.50. The molecule has 2 aliphatic heterocycles. The number of fused-ring (bicyclic) bond motifs is 2. The Labute approximate surface area is 103 Å². The molecule has 0 saturated carbocycles. The summed E-state index contributed by atoms with van der Waals surface area (Å²) in [6.07, 6.45) is 8.05. The lowest BCUT2D eigenvalue weighted by atomic mass is 10.0. The first kappa shape index (κ1) is 11.2. The van der Waals surface area contributed by atoms with Gasteiger partial charge in [-0.05, 0) is 49.8 Å². The zero-order valence-electron chi connectivity index (χ0n) is 10.2. The van der Waals surface area contributed by atoms with E-state index in [4.69, 9.17) is 0 Å². The fraction of sp³-hybridized carbons (Fsp3) is 0.600. The van der Waals surface area contributed by atoms with E-state index in [1.54, 1.807) is 12.1 Å². The van der Waals surface area contributed by atoms with Gasteiger partial charge in [-0.3, -0.25) is 4.90 Å². The maximum Gasteiger partial charge on any atom is 0.123 e. The Bertz CT molecular complexity index is 357. The topological polar surface area (TPSA) is 3.24 Å². The van der Waals surface area contributed by atoms with Crippen molar-refractivity contribution in [3.05, 3.63) is 35.6 Å². The van der Waals surface area contributed by atoms with E-state index in [9.17, 15) is 4.39 Å². The zero-order chi connectivity index (χ0) is 11.7. The average molecular weight is 233 g/mol. The minimum atomic E-state index is -0.133. The van der Waals surface area contributed by atoms with Crippen molar-refractivity contribution in [2.75, 3.05) is 6.54 Å². The minimum absolute atomic E-state index is 0.133. The van der Waals surface area contributed by atoms with Crippen molar-refractivity contribution in [3.63, 3.8) is 0 Å². The maximum absolute atomic E-state index is 12.8. The van der Waals surface area contributed by atoms with Gasteiger partial charge in [0.25, 0.3) is 0 Å². The van der Waals surface area contributed by atoms with Gasteiger partial charge in [0.05, 0.1) is 0 Å². The summed E-state index contributed by atoms with van der Waals surface area (Å²) in [5.41, 5.74) is 1.26. The van der Waals surface area contributed by atoms with Crippen LogP contribution in [0.5, 0.6) is 0 Å². The zero-order valence-corrected chi connectivity index (χ0v) is 10.2. The van der Waals surface area contributed by atoms with Crippen LogP contribution < -0.4 is 0 Å². The smallest absolute Gasteiger partial charge is 0.123 e. The van der Waals surface area contributed by atoms with Gasteiger partial charge in [-0.25, -0.2) is 4.39 Å². The monoisotopic (exact) mass is 233 g/mol. The number of piperidine rings is 1. The van der Waals surface area contributed by atoms with Crippen LogP contribution in [0.25, 0.3) is 0 Å². The molecule has 2 heterocycles. The van der Waals surface area contributed by atoms with Crippen LogP contribution in [-0.2, 0) is 6.42 Å². The molecule has 0 radical (unpaired) electrons. The fourth-order valence-electron chi connectivity index (χ4n) is 3.50. The molecule has 2 bridgehead atoms. The van der Waals surface area contributed by atoms with E-state index in [0.717, 1.165) is 25.0 Å². The van der Waals surface area contributed by atoms with Crippen molar-refractivity contribution in [3.8, 4) is 0 Å². The molecule has 1 aromatic rings. The standard InChI is InChI=1S/C15H20FN/c16-13-6-4-12(5-7-13)10-11-17-14-2-1-3-15(17)9-8-14/h4-7,14-15H,1-3,8-11H2/t14-,15+. The van der Waals surface area contributed by atoms with Gasteiger partial charge in [0.1, 0.15) is 5.82 Å². The van der Waals surface area contributed by atoms with Gasteiger partial charge < -0.3 is 0 Å². The van der Waals surface area contributed by atoms with Gasteiger partial charge in [0.2, 0.25) is 0 Å². The van der Waals surface area contributed by atoms with E-state index >= 15 is 0 Å². The van der Waals surface area contributed by atoms with Gasteiger partial charge in [-0.1, -0.05) is 18.6 Å². The van der Waals surface area contributed by atoms with Gasteiger partial charge in [0.15, 0.2) is 0 Å². The highest BCUT2D eigenvalue weighted by Gasteiger charge is 2.35. The highest BCUT2D eigenvalue weighted by molar-refractivity contribution is 5.16. The van der Waals surface area contributed by atoms with E-state index in [1.165, 1.54) is 37.7 Å². The molecule has 2 fully saturated rings. The van der Waals surface area contributed by atoms with Crippen LogP contribution in [0.4, 0.5) is 4.39 Å². The van der Waals surface area contributed by atoms with Crippen LogP contribution in [0.1, 0.15) is 37.7 Å². The van der Waals surface area contributed by atoms with Crippen molar-refractivity contribution in [2.24, 2.45) is 0 Å². The maximum atomic E-state index is 12.8. The van der Waals surface area contributed by atoms with Crippen LogP contribution in [-0.4, -0.2) is 23.5 Å². The molecular weight excluding hydrogens is 213 g/mol. The summed E-state index contributed by atoms with van der Waals surface area (Å²) in [6.45, 7) is 1.15. The lowest BCUT2D eigenvalue weighted by Gasteiger charge is -2.34. The molecule has 0 aromatic heterocycles. The predicted molar refractivity (Wildman–Crippen MR) is 67.5 cm³/mol. The SMILES string of the molecule is Fc1ccc(CCN2[C@@H]3CCC[C@H]2CC3)cc1. The van der Waals surface area contributed by atoms with Gasteiger partial charge in [-0.2, -0.15) is 0 Å². The second-order valence-corrected chi connectivity index (χ2v) is 5.43. The van der Waals surface area contributed by atoms with Crippen LogP contribution in [0, 0.1) is 5.82 Å². The third kappa shape index (κ3) is 2.37. The average Bonchev–Trinajstić information content (AvgIpc) is 2.58. The Hall–Kier alpha value is -0.890. The molecule has 0 N–H and O–H groups in total. The lowest BCUT2D eigenvalue weighted by Crippen LogP contribution is -2.40. The number of rotatable bonds is 3. The molecule has 2 saturated heterocycles. The summed E-state index contributed by atoms with van der Waals surface area (Å²) >= 11 is 0. The second kappa shape index (κ2) is 4.77. The Morgan fingerprint density at radius 3 is 2.29 bits per heavy atom. The number of nitrogens with zero attached hydrogens (tertiary/aromatic N) is 1. The van der Waals surface area contributed by atoms with Crippen LogP contribution >= 0.6 is 0 Å². The molecule has 2 aliphatic rings. The molecular formula is C15H20FN. The Kier molecular flexibility index (Phi) is 3.15. The molecule has 92 valence electrons. The largest absolute Gasteiger partial charge is 0.297 e. The van der Waals surface area contributed by atoms with E-state index in [-0.39, 0.29) is 5.82 Å². The van der Waals surface area contributed by atoms with Crippen LogP contribution in [0.3, 0.4) is 0 Å². The van der Waals surface area contributed by atoms with Crippen LogP contribution in [0.15, 0.2) is 24.3 Å². The second-order valence-electron chi connectivity index (χ2n) is 5.43. The number of benzene rings is 1. The summed E-state index contributed by atoms with van der Waals surface area (Å²) in [5.74, 6) is -0.133. The first-order valence-corrected chi connectivity index (χ1v) is 6.83. The summed E-state index contributed by atoms with van der Waals surface area (Å²) in [6, 6.07) is 8.66. The summed E-state index contributed by atoms with van der Waals surface area (Å²) in [5, 5.41) is 0. The first-order valence-electron chi connectivity index (χ1n) is 6.83. The molecule has 17 heavy (non-hydrogen) atoms. The van der Waals surface area contributed by atoms with E-state index in [2.05, 4.69) is 4.90 Å². The highest BCUT2D eigenvalue weighted by Crippen LogP contribution is 2.35. The molecule has 2 atom stereocenters. The summed E-state index contributed by atoms with van der Waals surface area (Å²) in [4.78, 5) is 2.70. The molecule has 0 spiro atoms. The molecule has 1 nitrogen and oxygen atoms in total. The Morgan fingerprint density at radius 2 is 1.65 bits per heavy atom. The third-order valence-corrected chi connectivity index (χ3v) is 4.42. The van der Waals surface area contributed by atoms with Gasteiger partial charge in [0, 0.05) is 18.6 Å². The molecule has 3 rings (SSSR count). The molecule has 0 amide bonds. The quantitative estimate of drug-likeness (QED) is 0.773. The van der Waals surface area contributed by atoms with Crippen molar-refractivity contribution in [2.45, 2.75) is 50.6 Å². The predicted octanol–water partition coefficient (Wildman–Crippen LogP) is 3.39. The molecule has 2 heteroatoms. The van der Waals surface area contributed by atoms with Crippen LogP contribution in [0.2, 0.25) is 0 Å². The molecule has 0 unspecified atom stereocenters. The van der Waals surface area contributed by atoms with Gasteiger partial charge in [-0.15, -0.1) is 0 Å². The van der Waals surface area contributed by atoms with E-state index < -0.39 is 0 Å². The number of halogens is 1. The van der Waals surface area contributed by atoms with Crippen molar-refractivity contribution in [1.29, 1.82) is 0 Å². The first-order chi connectivity index (χ1) is 8.33. The van der Waals surface area contributed by atoms with E-state index in [1.807, 2.05) is 12.1 Å². The number of hydrogen-bond acceptors (Lipinski definition) is 1. The Morgan fingerprint density at radius 1 is 1.00 bits per heavy atom. The highest BCUT2D eigenvalue weighted by atomic mass is 19.1. The van der Waals surface area contributed by atoms with Gasteiger partial charge >= 0.3 is 0 Å². The Balaban J connectivity index is 1.59. The third-order valence-electron chi connectivity index (χ3n) is 4.42. The van der Waals surface area contributed by atoms with Crippen molar-refractivity contribution in [1.82, 2.24) is 4.90 Å². The minimum Gasteiger partial charge on any atom is -0.297 e. The van der Waals surface area contributed by atoms with E-state index in [0.29, 0.717) is 0 Å². The molecule has 0 aliphatic carbocycles. The van der Waals surface area contributed by atoms with Crippen molar-refractivity contribution >= 4 is 0 Å². The normalized spacial score (nSPS) is 28.5. The van der Waals surface area contributed by atoms with Crippen molar-refractivity contribution < 1.29 is 4.39 Å². The summed E-state index contributed by atoms with van der Waals surface area (Å²) < 4.78 is 12.8. The number of hydrogen-bond donors (Lipinski definition) is 0. The summed E-state index contributed by atoms with van der Waals surface area (Å²) in [7, 11) is 0. The lowest BCUT2D eigenvalue weighted by molar-refractivity contribution is 0.142. The molecule has 1 aromatic carbocycles.